The quantitative estimate of drug-likeness (QED) is 0.784. The molecular weight excluding hydrogens is 294 g/mol. The number of hydrogen-bond donors (Lipinski definition) is 1. The molecule has 0 unspecified atom stereocenters. The summed E-state index contributed by atoms with van der Waals surface area (Å²) in [4.78, 5) is 24.2. The van der Waals surface area contributed by atoms with E-state index in [2.05, 4.69) is 5.32 Å². The predicted octanol–water partition coefficient (Wildman–Crippen LogP) is 2.56. The number of hydrogen-bond acceptors (Lipinski definition) is 4. The lowest BCUT2D eigenvalue weighted by Crippen LogP contribution is -2.46. The van der Waals surface area contributed by atoms with Gasteiger partial charge in [-0.25, -0.2) is 4.79 Å². The number of aryl methyl sites for hydroxylation is 2. The Balaban J connectivity index is 2.93. The number of carbonyl (C=O) groups is 2. The summed E-state index contributed by atoms with van der Waals surface area (Å²) in [5.41, 5.74) is 2.87. The van der Waals surface area contributed by atoms with Crippen molar-refractivity contribution in [2.24, 2.45) is 5.92 Å². The second kappa shape index (κ2) is 8.56. The van der Waals surface area contributed by atoms with Gasteiger partial charge in [-0.15, -0.1) is 0 Å². The number of amides is 1. The van der Waals surface area contributed by atoms with Crippen LogP contribution in [0.15, 0.2) is 12.1 Å². The highest BCUT2D eigenvalue weighted by molar-refractivity contribution is 5.86. The van der Waals surface area contributed by atoms with Gasteiger partial charge in [0.1, 0.15) is 11.8 Å². The maximum Gasteiger partial charge on any atom is 0.328 e. The maximum atomic E-state index is 12.4. The SMILES string of the molecule is CC[C@H](C)[C@H](NC(=O)Cc1cc(C)cc(C)c1OC)C(=O)OC. The highest BCUT2D eigenvalue weighted by Gasteiger charge is 2.27. The third-order valence-electron chi connectivity index (χ3n) is 4.04. The van der Waals surface area contributed by atoms with Crippen LogP contribution in [0.3, 0.4) is 0 Å². The highest BCUT2D eigenvalue weighted by atomic mass is 16.5. The summed E-state index contributed by atoms with van der Waals surface area (Å²) >= 11 is 0. The van der Waals surface area contributed by atoms with Crippen LogP contribution in [0.2, 0.25) is 0 Å². The van der Waals surface area contributed by atoms with E-state index in [4.69, 9.17) is 9.47 Å². The lowest BCUT2D eigenvalue weighted by atomic mass is 9.98. The molecule has 1 aromatic carbocycles. The van der Waals surface area contributed by atoms with Crippen molar-refractivity contribution in [3.05, 3.63) is 28.8 Å². The Kier molecular flexibility index (Phi) is 7.07. The first-order valence-electron chi connectivity index (χ1n) is 7.85. The largest absolute Gasteiger partial charge is 0.496 e. The van der Waals surface area contributed by atoms with Gasteiger partial charge in [-0.2, -0.15) is 0 Å². The van der Waals surface area contributed by atoms with Gasteiger partial charge in [0.2, 0.25) is 5.91 Å². The van der Waals surface area contributed by atoms with Crippen molar-refractivity contribution in [2.75, 3.05) is 14.2 Å². The number of nitrogens with one attached hydrogen (secondary N) is 1. The van der Waals surface area contributed by atoms with Gasteiger partial charge in [0.25, 0.3) is 0 Å². The summed E-state index contributed by atoms with van der Waals surface area (Å²) in [5, 5.41) is 2.79. The summed E-state index contributed by atoms with van der Waals surface area (Å²) in [7, 11) is 2.92. The first-order valence-corrected chi connectivity index (χ1v) is 7.85. The molecule has 5 nitrogen and oxygen atoms in total. The molecule has 1 rings (SSSR count). The van der Waals surface area contributed by atoms with Crippen LogP contribution in [0.25, 0.3) is 0 Å². The van der Waals surface area contributed by atoms with Gasteiger partial charge < -0.3 is 14.8 Å². The monoisotopic (exact) mass is 321 g/mol. The molecule has 1 aromatic rings. The van der Waals surface area contributed by atoms with Gasteiger partial charge in [0, 0.05) is 5.56 Å². The van der Waals surface area contributed by atoms with Crippen LogP contribution in [0.5, 0.6) is 5.75 Å². The van der Waals surface area contributed by atoms with Crippen molar-refractivity contribution < 1.29 is 19.1 Å². The van der Waals surface area contributed by atoms with E-state index >= 15 is 0 Å². The third-order valence-corrected chi connectivity index (χ3v) is 4.04. The van der Waals surface area contributed by atoms with Gasteiger partial charge in [-0.1, -0.05) is 38.0 Å². The minimum atomic E-state index is -0.630. The molecule has 0 heterocycles. The molecule has 0 bridgehead atoms. The average molecular weight is 321 g/mol. The number of benzene rings is 1. The minimum Gasteiger partial charge on any atom is -0.496 e. The molecule has 1 N–H and O–H groups in total. The van der Waals surface area contributed by atoms with E-state index in [9.17, 15) is 9.59 Å². The van der Waals surface area contributed by atoms with E-state index in [0.29, 0.717) is 5.75 Å². The summed E-state index contributed by atoms with van der Waals surface area (Å²) in [6.45, 7) is 7.81. The van der Waals surface area contributed by atoms with Crippen LogP contribution in [-0.2, 0) is 20.7 Å². The molecule has 0 spiro atoms. The number of esters is 1. The Bertz CT molecular complexity index is 568. The van der Waals surface area contributed by atoms with Gasteiger partial charge in [-0.3, -0.25) is 4.79 Å². The topological polar surface area (TPSA) is 64.6 Å². The highest BCUT2D eigenvalue weighted by Crippen LogP contribution is 2.25. The second-order valence-electron chi connectivity index (χ2n) is 5.90. The Morgan fingerprint density at radius 3 is 2.39 bits per heavy atom. The molecule has 0 aromatic heterocycles. The summed E-state index contributed by atoms with van der Waals surface area (Å²) in [6, 6.07) is 3.31. The molecule has 23 heavy (non-hydrogen) atoms. The molecular formula is C18H27NO4. The second-order valence-corrected chi connectivity index (χ2v) is 5.90. The summed E-state index contributed by atoms with van der Waals surface area (Å²) in [6.07, 6.45) is 0.933. The minimum absolute atomic E-state index is 0.00698. The molecule has 2 atom stereocenters. The predicted molar refractivity (Wildman–Crippen MR) is 89.6 cm³/mol. The van der Waals surface area contributed by atoms with Crippen molar-refractivity contribution in [1.82, 2.24) is 5.32 Å². The smallest absolute Gasteiger partial charge is 0.328 e. The van der Waals surface area contributed by atoms with Crippen molar-refractivity contribution >= 4 is 11.9 Å². The first kappa shape index (κ1) is 19.0. The van der Waals surface area contributed by atoms with E-state index in [0.717, 1.165) is 23.1 Å². The molecule has 0 aliphatic carbocycles. The molecule has 128 valence electrons. The van der Waals surface area contributed by atoms with Crippen molar-refractivity contribution in [3.63, 3.8) is 0 Å². The Morgan fingerprint density at radius 2 is 1.87 bits per heavy atom. The van der Waals surface area contributed by atoms with Crippen molar-refractivity contribution in [1.29, 1.82) is 0 Å². The van der Waals surface area contributed by atoms with Crippen LogP contribution in [0.1, 0.15) is 37.0 Å². The fraction of sp³-hybridized carbons (Fsp3) is 0.556. The fourth-order valence-corrected chi connectivity index (χ4v) is 2.66. The summed E-state index contributed by atoms with van der Waals surface area (Å²) in [5.74, 6) is 0.0838. The number of carbonyl (C=O) groups excluding carboxylic acids is 2. The van der Waals surface area contributed by atoms with E-state index in [1.165, 1.54) is 7.11 Å². The van der Waals surface area contributed by atoms with E-state index in [-0.39, 0.29) is 18.2 Å². The van der Waals surface area contributed by atoms with E-state index in [1.807, 2.05) is 39.8 Å². The van der Waals surface area contributed by atoms with Crippen LogP contribution < -0.4 is 10.1 Å². The molecule has 1 amide bonds. The third kappa shape index (κ3) is 4.98. The zero-order chi connectivity index (χ0) is 17.6. The summed E-state index contributed by atoms with van der Waals surface area (Å²) < 4.78 is 10.2. The van der Waals surface area contributed by atoms with Crippen LogP contribution in [-0.4, -0.2) is 32.1 Å². The number of ether oxygens (including phenoxy) is 2. The fourth-order valence-electron chi connectivity index (χ4n) is 2.66. The van der Waals surface area contributed by atoms with Crippen LogP contribution in [0, 0.1) is 19.8 Å². The maximum absolute atomic E-state index is 12.4. The molecule has 0 radical (unpaired) electrons. The van der Waals surface area contributed by atoms with Gasteiger partial charge in [0.15, 0.2) is 0 Å². The zero-order valence-corrected chi connectivity index (χ0v) is 14.9. The Labute approximate surface area is 138 Å². The molecule has 5 heteroatoms. The van der Waals surface area contributed by atoms with Gasteiger partial charge >= 0.3 is 5.97 Å². The molecule has 0 fully saturated rings. The van der Waals surface area contributed by atoms with Crippen LogP contribution in [0.4, 0.5) is 0 Å². The normalized spacial score (nSPS) is 13.1. The standard InChI is InChI=1S/C18H27NO4/c1-7-12(3)16(18(21)23-6)19-15(20)10-14-9-11(2)8-13(4)17(14)22-5/h8-9,12,16H,7,10H2,1-6H3,(H,19,20)/t12-,16-/m0/s1. The van der Waals surface area contributed by atoms with E-state index in [1.54, 1.807) is 7.11 Å². The Hall–Kier alpha value is -2.04. The lowest BCUT2D eigenvalue weighted by Gasteiger charge is -2.22. The molecule has 0 aliphatic rings. The van der Waals surface area contributed by atoms with E-state index < -0.39 is 12.0 Å². The van der Waals surface area contributed by atoms with Gasteiger partial charge in [0.05, 0.1) is 20.6 Å². The van der Waals surface area contributed by atoms with Crippen molar-refractivity contribution in [2.45, 2.75) is 46.6 Å². The first-order chi connectivity index (χ1) is 10.8. The van der Waals surface area contributed by atoms with Gasteiger partial charge in [-0.05, 0) is 25.3 Å². The number of methoxy groups -OCH3 is 2. The average Bonchev–Trinajstić information content (AvgIpc) is 2.50. The molecule has 0 aliphatic heterocycles. The lowest BCUT2D eigenvalue weighted by molar-refractivity contribution is -0.146. The van der Waals surface area contributed by atoms with Crippen molar-refractivity contribution in [3.8, 4) is 5.75 Å². The molecule has 0 saturated carbocycles. The number of rotatable bonds is 7. The Morgan fingerprint density at radius 1 is 1.22 bits per heavy atom. The zero-order valence-electron chi connectivity index (χ0n) is 14.9. The van der Waals surface area contributed by atoms with Crippen LogP contribution >= 0.6 is 0 Å². The molecule has 0 saturated heterocycles.